The van der Waals surface area contributed by atoms with Gasteiger partial charge in [0.05, 0.1) is 18.7 Å². The Morgan fingerprint density at radius 2 is 1.48 bits per heavy atom. The first-order chi connectivity index (χ1) is 13.5. The van der Waals surface area contributed by atoms with Gasteiger partial charge in [0.1, 0.15) is 0 Å². The second-order valence-electron chi connectivity index (χ2n) is 7.12. The van der Waals surface area contributed by atoms with Gasteiger partial charge in [-0.05, 0) is 57.1 Å². The van der Waals surface area contributed by atoms with E-state index < -0.39 is 17.6 Å². The van der Waals surface area contributed by atoms with Crippen LogP contribution < -0.4 is 10.6 Å². The van der Waals surface area contributed by atoms with Gasteiger partial charge < -0.3 is 10.6 Å². The fourth-order valence-corrected chi connectivity index (χ4v) is 3.08. The molecule has 2 N–H and O–H groups in total. The minimum atomic E-state index is -4.48. The molecule has 0 bridgehead atoms. The van der Waals surface area contributed by atoms with Crippen LogP contribution in [0.25, 0.3) is 0 Å². The molecule has 0 saturated carbocycles. The zero-order chi connectivity index (χ0) is 21.8. The van der Waals surface area contributed by atoms with Gasteiger partial charge in [-0.1, -0.05) is 23.8 Å². The van der Waals surface area contributed by atoms with E-state index in [1.54, 1.807) is 7.05 Å². The molecule has 2 aromatic carbocycles. The second kappa shape index (κ2) is 9.09. The Balaban J connectivity index is 1.91. The van der Waals surface area contributed by atoms with E-state index in [9.17, 15) is 22.8 Å². The Hall–Kier alpha value is -2.87. The minimum Gasteiger partial charge on any atom is -0.325 e. The first-order valence-electron chi connectivity index (χ1n) is 8.99. The maximum Gasteiger partial charge on any atom is 0.416 e. The fraction of sp³-hybridized carbons (Fsp3) is 0.333. The molecule has 2 amide bonds. The molecule has 5 nitrogen and oxygen atoms in total. The quantitative estimate of drug-likeness (QED) is 0.757. The Morgan fingerprint density at radius 3 is 2.03 bits per heavy atom. The van der Waals surface area contributed by atoms with Crippen LogP contribution in [0.1, 0.15) is 22.3 Å². The third kappa shape index (κ3) is 6.60. The van der Waals surface area contributed by atoms with Crippen LogP contribution in [-0.2, 0) is 15.8 Å². The van der Waals surface area contributed by atoms with Gasteiger partial charge in [0, 0.05) is 11.4 Å². The Labute approximate surface area is 167 Å². The van der Waals surface area contributed by atoms with Gasteiger partial charge in [-0.2, -0.15) is 13.2 Å². The normalized spacial score (nSPS) is 11.4. The molecule has 0 saturated heterocycles. The van der Waals surface area contributed by atoms with Crippen LogP contribution in [-0.4, -0.2) is 36.9 Å². The number of hydrogen-bond acceptors (Lipinski definition) is 3. The van der Waals surface area contributed by atoms with E-state index in [1.165, 1.54) is 17.0 Å². The molecular formula is C21H24F3N3O2. The van der Waals surface area contributed by atoms with E-state index in [2.05, 4.69) is 10.6 Å². The Bertz CT molecular complexity index is 887. The van der Waals surface area contributed by atoms with Gasteiger partial charge in [-0.15, -0.1) is 0 Å². The predicted molar refractivity (Wildman–Crippen MR) is 107 cm³/mol. The van der Waals surface area contributed by atoms with Crippen LogP contribution in [0.5, 0.6) is 0 Å². The summed E-state index contributed by atoms with van der Waals surface area (Å²) in [5.41, 5.74) is 2.94. The summed E-state index contributed by atoms with van der Waals surface area (Å²) in [6.45, 7) is 5.60. The van der Waals surface area contributed by atoms with E-state index in [-0.39, 0.29) is 24.7 Å². The molecule has 0 spiro atoms. The highest BCUT2D eigenvalue weighted by molar-refractivity contribution is 5.95. The number of amides is 2. The molecule has 0 radical (unpaired) electrons. The van der Waals surface area contributed by atoms with Crippen LogP contribution in [0.2, 0.25) is 0 Å². The van der Waals surface area contributed by atoms with Gasteiger partial charge in [0.15, 0.2) is 0 Å². The highest BCUT2D eigenvalue weighted by Crippen LogP contribution is 2.30. The van der Waals surface area contributed by atoms with Crippen LogP contribution in [0.3, 0.4) is 0 Å². The SMILES string of the molecule is Cc1cc(C)c(NC(=O)CN(C)CC(=O)Nc2cccc(C(F)(F)F)c2)c(C)c1. The largest absolute Gasteiger partial charge is 0.416 e. The minimum absolute atomic E-state index is 0.0389. The molecule has 2 aromatic rings. The third-order valence-electron chi connectivity index (χ3n) is 4.24. The molecule has 0 aliphatic carbocycles. The van der Waals surface area contributed by atoms with Crippen molar-refractivity contribution in [2.45, 2.75) is 26.9 Å². The number of hydrogen-bond donors (Lipinski definition) is 2. The number of nitrogens with zero attached hydrogens (tertiary/aromatic N) is 1. The lowest BCUT2D eigenvalue weighted by molar-refractivity contribution is -0.137. The summed E-state index contributed by atoms with van der Waals surface area (Å²) in [5.74, 6) is -0.795. The topological polar surface area (TPSA) is 61.4 Å². The lowest BCUT2D eigenvalue weighted by atomic mass is 10.1. The monoisotopic (exact) mass is 407 g/mol. The van der Waals surface area contributed by atoms with Gasteiger partial charge >= 0.3 is 6.18 Å². The van der Waals surface area contributed by atoms with Gasteiger partial charge in [0.25, 0.3) is 0 Å². The molecule has 156 valence electrons. The lowest BCUT2D eigenvalue weighted by Crippen LogP contribution is -2.36. The van der Waals surface area contributed by atoms with Gasteiger partial charge in [0.2, 0.25) is 11.8 Å². The number of carbonyl (C=O) groups is 2. The van der Waals surface area contributed by atoms with Crippen molar-refractivity contribution in [1.29, 1.82) is 0 Å². The summed E-state index contributed by atoms with van der Waals surface area (Å²) in [4.78, 5) is 25.9. The number of halogens is 3. The maximum absolute atomic E-state index is 12.8. The molecule has 8 heteroatoms. The van der Waals surface area contributed by atoms with E-state index in [1.807, 2.05) is 32.9 Å². The Kier molecular flexibility index (Phi) is 7.02. The van der Waals surface area contributed by atoms with E-state index in [0.717, 1.165) is 34.5 Å². The summed E-state index contributed by atoms with van der Waals surface area (Å²) in [6, 6.07) is 8.34. The molecule has 0 aliphatic heterocycles. The molecule has 0 atom stereocenters. The van der Waals surface area contributed by atoms with Crippen molar-refractivity contribution in [3.8, 4) is 0 Å². The first kappa shape index (κ1) is 22.4. The lowest BCUT2D eigenvalue weighted by Gasteiger charge is -2.18. The van der Waals surface area contributed by atoms with E-state index >= 15 is 0 Å². The highest BCUT2D eigenvalue weighted by atomic mass is 19.4. The highest BCUT2D eigenvalue weighted by Gasteiger charge is 2.30. The van der Waals surface area contributed by atoms with Crippen molar-refractivity contribution < 1.29 is 22.8 Å². The van der Waals surface area contributed by atoms with Crippen LogP contribution in [0.15, 0.2) is 36.4 Å². The molecule has 0 heterocycles. The number of carbonyl (C=O) groups excluding carboxylic acids is 2. The standard InChI is InChI=1S/C21H24F3N3O2/c1-13-8-14(2)20(15(3)9-13)26-19(29)12-27(4)11-18(28)25-17-7-5-6-16(10-17)21(22,23)24/h5-10H,11-12H2,1-4H3,(H,25,28)(H,26,29). The van der Waals surface area contributed by atoms with E-state index in [0.29, 0.717) is 0 Å². The summed E-state index contributed by atoms with van der Waals surface area (Å²) in [7, 11) is 1.58. The molecule has 0 aliphatic rings. The number of rotatable bonds is 6. The average molecular weight is 407 g/mol. The number of anilines is 2. The van der Waals surface area contributed by atoms with Crippen LogP contribution in [0.4, 0.5) is 24.5 Å². The molecule has 2 rings (SSSR count). The number of benzene rings is 2. The van der Waals surface area contributed by atoms with Crippen molar-refractivity contribution >= 4 is 23.2 Å². The van der Waals surface area contributed by atoms with Gasteiger partial charge in [-0.25, -0.2) is 0 Å². The summed E-state index contributed by atoms with van der Waals surface area (Å²) in [6.07, 6.45) is -4.48. The van der Waals surface area contributed by atoms with Gasteiger partial charge in [-0.3, -0.25) is 14.5 Å². The summed E-state index contributed by atoms with van der Waals surface area (Å²) < 4.78 is 38.3. The first-order valence-corrected chi connectivity index (χ1v) is 8.99. The van der Waals surface area contributed by atoms with Crippen LogP contribution in [0, 0.1) is 20.8 Å². The number of alkyl halides is 3. The van der Waals surface area contributed by atoms with Crippen molar-refractivity contribution in [1.82, 2.24) is 4.90 Å². The molecular weight excluding hydrogens is 383 g/mol. The second-order valence-corrected chi connectivity index (χ2v) is 7.12. The summed E-state index contributed by atoms with van der Waals surface area (Å²) >= 11 is 0. The smallest absolute Gasteiger partial charge is 0.325 e. The fourth-order valence-electron chi connectivity index (χ4n) is 3.08. The van der Waals surface area contributed by atoms with Crippen molar-refractivity contribution in [2.75, 3.05) is 30.8 Å². The number of nitrogens with one attached hydrogen (secondary N) is 2. The average Bonchev–Trinajstić information content (AvgIpc) is 2.57. The molecule has 0 fully saturated rings. The molecule has 29 heavy (non-hydrogen) atoms. The molecule has 0 unspecified atom stereocenters. The van der Waals surface area contributed by atoms with Crippen molar-refractivity contribution in [3.63, 3.8) is 0 Å². The maximum atomic E-state index is 12.8. The zero-order valence-electron chi connectivity index (χ0n) is 16.8. The molecule has 0 aromatic heterocycles. The summed E-state index contributed by atoms with van der Waals surface area (Å²) in [5, 5.41) is 5.27. The predicted octanol–water partition coefficient (Wildman–Crippen LogP) is 4.14. The number of likely N-dealkylation sites (N-methyl/N-ethyl adjacent to an activating group) is 1. The third-order valence-corrected chi connectivity index (χ3v) is 4.24. The number of aryl methyl sites for hydroxylation is 3. The zero-order valence-corrected chi connectivity index (χ0v) is 16.8. The van der Waals surface area contributed by atoms with E-state index in [4.69, 9.17) is 0 Å². The van der Waals surface area contributed by atoms with Crippen molar-refractivity contribution in [2.24, 2.45) is 0 Å². The van der Waals surface area contributed by atoms with Crippen molar-refractivity contribution in [3.05, 3.63) is 58.7 Å². The van der Waals surface area contributed by atoms with Crippen LogP contribution >= 0.6 is 0 Å². The Morgan fingerprint density at radius 1 is 0.931 bits per heavy atom.